The van der Waals surface area contributed by atoms with Gasteiger partial charge in [-0.25, -0.2) is 0 Å². The first-order valence-corrected chi connectivity index (χ1v) is 16.2. The second-order valence-electron chi connectivity index (χ2n) is 12.4. The standard InChI is InChI=1S/C46H28O/c1-2-13-31-27-33(24-23-29(31)11-1)32-14-9-15-34(28-32)43-37-18-5-6-19-38(37)44(40-26-25-30-12-3-4-16-35(30)45(40)43)41-21-10-20-39-36-17-7-8-22-42(36)47-46(39)41/h1-28H. The molecule has 0 saturated carbocycles. The van der Waals surface area contributed by atoms with E-state index < -0.39 is 0 Å². The lowest BCUT2D eigenvalue weighted by atomic mass is 9.83. The van der Waals surface area contributed by atoms with Crippen molar-refractivity contribution in [2.75, 3.05) is 0 Å². The van der Waals surface area contributed by atoms with Gasteiger partial charge in [0, 0.05) is 21.9 Å². The average Bonchev–Trinajstić information content (AvgIpc) is 3.53. The number of benzene rings is 9. The van der Waals surface area contributed by atoms with Gasteiger partial charge in [-0.3, -0.25) is 0 Å². The summed E-state index contributed by atoms with van der Waals surface area (Å²) in [6.07, 6.45) is 0. The Kier molecular flexibility index (Phi) is 5.64. The van der Waals surface area contributed by atoms with E-state index in [1.165, 1.54) is 70.9 Å². The smallest absolute Gasteiger partial charge is 0.143 e. The van der Waals surface area contributed by atoms with E-state index >= 15 is 0 Å². The first kappa shape index (κ1) is 26.1. The third kappa shape index (κ3) is 3.97. The third-order valence-electron chi connectivity index (χ3n) is 9.82. The molecule has 0 radical (unpaired) electrons. The number of hydrogen-bond donors (Lipinski definition) is 0. The van der Waals surface area contributed by atoms with Crippen LogP contribution in [0.25, 0.3) is 98.4 Å². The summed E-state index contributed by atoms with van der Waals surface area (Å²) in [6, 6.07) is 61.6. The van der Waals surface area contributed by atoms with Crippen LogP contribution < -0.4 is 0 Å². The molecule has 218 valence electrons. The predicted octanol–water partition coefficient (Wildman–Crippen LogP) is 13.2. The summed E-state index contributed by atoms with van der Waals surface area (Å²) in [5.41, 5.74) is 9.07. The SMILES string of the molecule is c1cc(-c2ccc3ccccc3c2)cc(-c2c3ccccc3c(-c3cccc4c3oc3ccccc34)c3ccc4ccccc4c23)c1. The second kappa shape index (κ2) is 10.2. The minimum absolute atomic E-state index is 0.913. The molecule has 1 nitrogen and oxygen atoms in total. The Morgan fingerprint density at radius 1 is 0.319 bits per heavy atom. The number of furan rings is 1. The highest BCUT2D eigenvalue weighted by molar-refractivity contribution is 6.29. The van der Waals surface area contributed by atoms with Gasteiger partial charge in [0.05, 0.1) is 0 Å². The van der Waals surface area contributed by atoms with Gasteiger partial charge in [0.1, 0.15) is 11.2 Å². The summed E-state index contributed by atoms with van der Waals surface area (Å²) >= 11 is 0. The molecule has 0 aliphatic heterocycles. The zero-order valence-corrected chi connectivity index (χ0v) is 25.6. The zero-order chi connectivity index (χ0) is 30.9. The van der Waals surface area contributed by atoms with E-state index in [4.69, 9.17) is 4.42 Å². The Balaban J connectivity index is 1.33. The summed E-state index contributed by atoms with van der Waals surface area (Å²) < 4.78 is 6.63. The molecule has 10 aromatic rings. The van der Waals surface area contributed by atoms with Crippen LogP contribution in [-0.2, 0) is 0 Å². The maximum atomic E-state index is 6.63. The Bertz CT molecular complexity index is 2850. The minimum atomic E-state index is 0.913. The predicted molar refractivity (Wildman–Crippen MR) is 200 cm³/mol. The minimum Gasteiger partial charge on any atom is -0.455 e. The molecule has 0 fully saturated rings. The number of rotatable bonds is 3. The van der Waals surface area contributed by atoms with Crippen LogP contribution >= 0.6 is 0 Å². The van der Waals surface area contributed by atoms with Crippen LogP contribution in [0.4, 0.5) is 0 Å². The van der Waals surface area contributed by atoms with Crippen LogP contribution in [0.3, 0.4) is 0 Å². The molecule has 0 spiro atoms. The number of hydrogen-bond acceptors (Lipinski definition) is 1. The van der Waals surface area contributed by atoms with Gasteiger partial charge in [-0.05, 0) is 83.5 Å². The lowest BCUT2D eigenvalue weighted by Gasteiger charge is -2.20. The average molecular weight is 597 g/mol. The van der Waals surface area contributed by atoms with E-state index in [2.05, 4.69) is 164 Å². The Labute approximate surface area is 271 Å². The zero-order valence-electron chi connectivity index (χ0n) is 25.6. The summed E-state index contributed by atoms with van der Waals surface area (Å²) in [6.45, 7) is 0. The van der Waals surface area contributed by atoms with Crippen molar-refractivity contribution in [1.29, 1.82) is 0 Å². The molecule has 0 amide bonds. The molecule has 1 heterocycles. The van der Waals surface area contributed by atoms with Crippen molar-refractivity contribution >= 4 is 65.0 Å². The lowest BCUT2D eigenvalue weighted by molar-refractivity contribution is 0.670. The van der Waals surface area contributed by atoms with E-state index in [1.54, 1.807) is 0 Å². The molecule has 47 heavy (non-hydrogen) atoms. The van der Waals surface area contributed by atoms with Crippen LogP contribution in [0.1, 0.15) is 0 Å². The van der Waals surface area contributed by atoms with Crippen LogP contribution in [0.5, 0.6) is 0 Å². The van der Waals surface area contributed by atoms with Gasteiger partial charge in [0.15, 0.2) is 0 Å². The third-order valence-corrected chi connectivity index (χ3v) is 9.82. The van der Waals surface area contributed by atoms with Crippen LogP contribution in [0, 0.1) is 0 Å². The first-order chi connectivity index (χ1) is 23.3. The Morgan fingerprint density at radius 3 is 1.81 bits per heavy atom. The van der Waals surface area contributed by atoms with Crippen molar-refractivity contribution in [2.24, 2.45) is 0 Å². The molecule has 0 aliphatic carbocycles. The number of para-hydroxylation sites is 2. The van der Waals surface area contributed by atoms with Crippen LogP contribution in [-0.4, -0.2) is 0 Å². The Morgan fingerprint density at radius 2 is 0.936 bits per heavy atom. The van der Waals surface area contributed by atoms with Gasteiger partial charge in [0.2, 0.25) is 0 Å². The van der Waals surface area contributed by atoms with Crippen LogP contribution in [0.15, 0.2) is 174 Å². The van der Waals surface area contributed by atoms with E-state index in [9.17, 15) is 0 Å². The topological polar surface area (TPSA) is 13.1 Å². The quantitative estimate of drug-likeness (QED) is 0.146. The number of fused-ring (bicyclic) bond motifs is 8. The van der Waals surface area contributed by atoms with Gasteiger partial charge < -0.3 is 4.42 Å². The van der Waals surface area contributed by atoms with E-state index in [1.807, 2.05) is 6.07 Å². The fourth-order valence-electron chi connectivity index (χ4n) is 7.71. The van der Waals surface area contributed by atoms with Gasteiger partial charge in [-0.1, -0.05) is 152 Å². The maximum absolute atomic E-state index is 6.63. The lowest BCUT2D eigenvalue weighted by Crippen LogP contribution is -1.93. The summed E-state index contributed by atoms with van der Waals surface area (Å²) in [5.74, 6) is 0. The molecular weight excluding hydrogens is 569 g/mol. The maximum Gasteiger partial charge on any atom is 0.143 e. The highest BCUT2D eigenvalue weighted by Crippen LogP contribution is 2.48. The van der Waals surface area contributed by atoms with Crippen molar-refractivity contribution < 1.29 is 4.42 Å². The summed E-state index contributed by atoms with van der Waals surface area (Å²) in [4.78, 5) is 0. The fourth-order valence-corrected chi connectivity index (χ4v) is 7.71. The van der Waals surface area contributed by atoms with Crippen molar-refractivity contribution in [2.45, 2.75) is 0 Å². The van der Waals surface area contributed by atoms with E-state index in [0.29, 0.717) is 0 Å². The first-order valence-electron chi connectivity index (χ1n) is 16.2. The molecule has 1 aromatic heterocycles. The Hall–Kier alpha value is -6.18. The molecule has 0 atom stereocenters. The highest BCUT2D eigenvalue weighted by Gasteiger charge is 2.21. The van der Waals surface area contributed by atoms with Crippen molar-refractivity contribution in [1.82, 2.24) is 0 Å². The second-order valence-corrected chi connectivity index (χ2v) is 12.4. The van der Waals surface area contributed by atoms with E-state index in [0.717, 1.165) is 27.5 Å². The van der Waals surface area contributed by atoms with Gasteiger partial charge in [-0.2, -0.15) is 0 Å². The van der Waals surface area contributed by atoms with Gasteiger partial charge in [0.25, 0.3) is 0 Å². The normalized spacial score (nSPS) is 11.8. The highest BCUT2D eigenvalue weighted by atomic mass is 16.3. The van der Waals surface area contributed by atoms with Gasteiger partial charge >= 0.3 is 0 Å². The summed E-state index contributed by atoms with van der Waals surface area (Å²) in [7, 11) is 0. The molecular formula is C46H28O. The molecule has 0 aliphatic rings. The molecule has 0 bridgehead atoms. The molecule has 0 N–H and O–H groups in total. The molecule has 1 heteroatoms. The van der Waals surface area contributed by atoms with Crippen molar-refractivity contribution in [3.8, 4) is 33.4 Å². The largest absolute Gasteiger partial charge is 0.455 e. The van der Waals surface area contributed by atoms with Crippen molar-refractivity contribution in [3.63, 3.8) is 0 Å². The van der Waals surface area contributed by atoms with Gasteiger partial charge in [-0.15, -0.1) is 0 Å². The molecule has 0 unspecified atom stereocenters. The molecule has 10 rings (SSSR count). The fraction of sp³-hybridized carbons (Fsp3) is 0. The molecule has 0 saturated heterocycles. The molecule has 9 aromatic carbocycles. The van der Waals surface area contributed by atoms with E-state index in [-0.39, 0.29) is 0 Å². The monoisotopic (exact) mass is 596 g/mol. The van der Waals surface area contributed by atoms with Crippen LogP contribution in [0.2, 0.25) is 0 Å². The van der Waals surface area contributed by atoms with Crippen molar-refractivity contribution in [3.05, 3.63) is 170 Å². The summed E-state index contributed by atoms with van der Waals surface area (Å²) in [5, 5.41) is 12.2.